The van der Waals surface area contributed by atoms with E-state index in [-0.39, 0.29) is 0 Å². The number of allylic oxidation sites excluding steroid dienone is 1. The van der Waals surface area contributed by atoms with E-state index in [1.165, 1.54) is 32.1 Å². The summed E-state index contributed by atoms with van der Waals surface area (Å²) in [7, 11) is 0. The van der Waals surface area contributed by atoms with Gasteiger partial charge >= 0.3 is 0 Å². The fourth-order valence-electron chi connectivity index (χ4n) is 1.68. The molecule has 1 aliphatic rings. The molecule has 0 aromatic carbocycles. The maximum absolute atomic E-state index is 4.66. The molecule has 0 saturated heterocycles. The molecule has 0 nitrogen and oxygen atoms in total. The van der Waals surface area contributed by atoms with Gasteiger partial charge in [0.25, 0.3) is 0 Å². The quantitative estimate of drug-likeness (QED) is 0.460. The van der Waals surface area contributed by atoms with Crippen molar-refractivity contribution >= 4 is 12.6 Å². The molecule has 0 amide bonds. The van der Waals surface area contributed by atoms with E-state index in [2.05, 4.69) is 19.2 Å². The third kappa shape index (κ3) is 2.05. The summed E-state index contributed by atoms with van der Waals surface area (Å²) in [5, 5.41) is 0. The van der Waals surface area contributed by atoms with Gasteiger partial charge in [0, 0.05) is 4.75 Å². The maximum atomic E-state index is 4.66. The lowest BCUT2D eigenvalue weighted by atomic mass is 9.86. The van der Waals surface area contributed by atoms with Crippen molar-refractivity contribution in [2.75, 3.05) is 0 Å². The van der Waals surface area contributed by atoms with Gasteiger partial charge in [0.1, 0.15) is 0 Å². The Morgan fingerprint density at radius 3 is 2.40 bits per heavy atom. The molecule has 0 spiro atoms. The molecule has 0 aromatic rings. The molecule has 0 atom stereocenters. The topological polar surface area (TPSA) is 0 Å². The van der Waals surface area contributed by atoms with Crippen LogP contribution in [0.25, 0.3) is 0 Å². The van der Waals surface area contributed by atoms with Gasteiger partial charge in [-0.2, -0.15) is 12.6 Å². The molecule has 1 saturated carbocycles. The Bertz CT molecular complexity index is 112. The van der Waals surface area contributed by atoms with E-state index in [1.807, 2.05) is 6.08 Å². The highest BCUT2D eigenvalue weighted by molar-refractivity contribution is 7.81. The fourth-order valence-corrected chi connectivity index (χ4v) is 2.13. The van der Waals surface area contributed by atoms with Crippen molar-refractivity contribution in [2.45, 2.75) is 43.3 Å². The average Bonchev–Trinajstić information content (AvgIpc) is 1.89. The van der Waals surface area contributed by atoms with Gasteiger partial charge in [0.15, 0.2) is 0 Å². The van der Waals surface area contributed by atoms with Crippen LogP contribution in [-0.2, 0) is 0 Å². The highest BCUT2D eigenvalue weighted by Crippen LogP contribution is 2.36. The highest BCUT2D eigenvalue weighted by atomic mass is 32.1. The van der Waals surface area contributed by atoms with E-state index in [1.54, 1.807) is 0 Å². The molecule has 0 heterocycles. The Balaban J connectivity index is 2.39. The molecule has 1 rings (SSSR count). The van der Waals surface area contributed by atoms with E-state index < -0.39 is 0 Å². The van der Waals surface area contributed by atoms with Gasteiger partial charge in [-0.1, -0.05) is 25.3 Å². The van der Waals surface area contributed by atoms with Gasteiger partial charge in [-0.05, 0) is 19.3 Å². The Morgan fingerprint density at radius 2 is 1.90 bits per heavy atom. The SMILES string of the molecule is C=CCC1(S)CCCCC1. The summed E-state index contributed by atoms with van der Waals surface area (Å²) in [4.78, 5) is 0. The van der Waals surface area contributed by atoms with Crippen molar-refractivity contribution in [3.8, 4) is 0 Å². The summed E-state index contributed by atoms with van der Waals surface area (Å²) in [6.45, 7) is 3.75. The minimum absolute atomic E-state index is 0.306. The average molecular weight is 156 g/mol. The van der Waals surface area contributed by atoms with Gasteiger partial charge in [-0.3, -0.25) is 0 Å². The zero-order valence-corrected chi connectivity index (χ0v) is 7.37. The van der Waals surface area contributed by atoms with Crippen molar-refractivity contribution in [1.29, 1.82) is 0 Å². The highest BCUT2D eigenvalue weighted by Gasteiger charge is 2.25. The molecular formula is C9H16S. The van der Waals surface area contributed by atoms with Crippen LogP contribution in [0, 0.1) is 0 Å². The summed E-state index contributed by atoms with van der Waals surface area (Å²) >= 11 is 4.66. The smallest absolute Gasteiger partial charge is 0.0164 e. The monoisotopic (exact) mass is 156 g/mol. The van der Waals surface area contributed by atoms with Gasteiger partial charge in [0.2, 0.25) is 0 Å². The van der Waals surface area contributed by atoms with Gasteiger partial charge < -0.3 is 0 Å². The number of hydrogen-bond donors (Lipinski definition) is 1. The summed E-state index contributed by atoms with van der Waals surface area (Å²) in [6.07, 6.45) is 9.76. The normalized spacial score (nSPS) is 24.1. The lowest BCUT2D eigenvalue weighted by Crippen LogP contribution is -2.23. The molecule has 1 heteroatoms. The first kappa shape index (κ1) is 8.19. The van der Waals surface area contributed by atoms with Gasteiger partial charge in [-0.15, -0.1) is 6.58 Å². The largest absolute Gasteiger partial charge is 0.172 e. The number of thiol groups is 1. The van der Waals surface area contributed by atoms with Gasteiger partial charge in [0.05, 0.1) is 0 Å². The van der Waals surface area contributed by atoms with Gasteiger partial charge in [-0.25, -0.2) is 0 Å². The van der Waals surface area contributed by atoms with Crippen LogP contribution < -0.4 is 0 Å². The van der Waals surface area contributed by atoms with E-state index in [4.69, 9.17) is 0 Å². The minimum Gasteiger partial charge on any atom is -0.172 e. The zero-order chi connectivity index (χ0) is 7.45. The van der Waals surface area contributed by atoms with Crippen molar-refractivity contribution in [2.24, 2.45) is 0 Å². The lowest BCUT2D eigenvalue weighted by molar-refractivity contribution is 0.403. The molecule has 0 N–H and O–H groups in total. The van der Waals surface area contributed by atoms with Crippen molar-refractivity contribution in [1.82, 2.24) is 0 Å². The Kier molecular flexibility index (Phi) is 2.84. The van der Waals surface area contributed by atoms with Crippen LogP contribution in [0.2, 0.25) is 0 Å². The van der Waals surface area contributed by atoms with Crippen molar-refractivity contribution in [3.05, 3.63) is 12.7 Å². The molecule has 0 aromatic heterocycles. The van der Waals surface area contributed by atoms with E-state index in [9.17, 15) is 0 Å². The zero-order valence-electron chi connectivity index (χ0n) is 6.47. The Labute approximate surface area is 69.1 Å². The third-order valence-electron chi connectivity index (χ3n) is 2.31. The van der Waals surface area contributed by atoms with E-state index in [0.29, 0.717) is 4.75 Å². The summed E-state index contributed by atoms with van der Waals surface area (Å²) in [5.41, 5.74) is 0. The van der Waals surface area contributed by atoms with Crippen LogP contribution in [0.5, 0.6) is 0 Å². The van der Waals surface area contributed by atoms with Crippen LogP contribution in [0.15, 0.2) is 12.7 Å². The van der Waals surface area contributed by atoms with Crippen molar-refractivity contribution < 1.29 is 0 Å². The first-order valence-electron chi connectivity index (χ1n) is 4.10. The molecule has 0 unspecified atom stereocenters. The van der Waals surface area contributed by atoms with Crippen LogP contribution in [-0.4, -0.2) is 4.75 Å². The second-order valence-electron chi connectivity index (χ2n) is 3.28. The Morgan fingerprint density at radius 1 is 1.30 bits per heavy atom. The molecule has 1 aliphatic carbocycles. The predicted octanol–water partition coefficient (Wildman–Crippen LogP) is 3.20. The third-order valence-corrected chi connectivity index (χ3v) is 2.94. The predicted molar refractivity (Wildman–Crippen MR) is 49.6 cm³/mol. The van der Waals surface area contributed by atoms with Crippen LogP contribution in [0.3, 0.4) is 0 Å². The summed E-state index contributed by atoms with van der Waals surface area (Å²) in [6, 6.07) is 0. The maximum Gasteiger partial charge on any atom is 0.0164 e. The molecule has 1 fully saturated rings. The number of rotatable bonds is 2. The molecular weight excluding hydrogens is 140 g/mol. The molecule has 10 heavy (non-hydrogen) atoms. The Hall–Kier alpha value is 0.0900. The first-order chi connectivity index (χ1) is 4.77. The fraction of sp³-hybridized carbons (Fsp3) is 0.778. The van der Waals surface area contributed by atoms with E-state index >= 15 is 0 Å². The lowest BCUT2D eigenvalue weighted by Gasteiger charge is -2.31. The molecule has 58 valence electrons. The first-order valence-corrected chi connectivity index (χ1v) is 4.55. The molecule has 0 aliphatic heterocycles. The molecule has 0 bridgehead atoms. The van der Waals surface area contributed by atoms with Crippen molar-refractivity contribution in [3.63, 3.8) is 0 Å². The summed E-state index contributed by atoms with van der Waals surface area (Å²) in [5.74, 6) is 0. The van der Waals surface area contributed by atoms with Crippen LogP contribution >= 0.6 is 12.6 Å². The van der Waals surface area contributed by atoms with E-state index in [0.717, 1.165) is 6.42 Å². The minimum atomic E-state index is 0.306. The summed E-state index contributed by atoms with van der Waals surface area (Å²) < 4.78 is 0.306. The second-order valence-corrected chi connectivity index (χ2v) is 4.23. The van der Waals surface area contributed by atoms with Crippen LogP contribution in [0.1, 0.15) is 38.5 Å². The number of hydrogen-bond acceptors (Lipinski definition) is 1. The molecule has 0 radical (unpaired) electrons. The second kappa shape index (κ2) is 3.47. The van der Waals surface area contributed by atoms with Crippen LogP contribution in [0.4, 0.5) is 0 Å². The standard InChI is InChI=1S/C9H16S/c1-2-6-9(10)7-4-3-5-8-9/h2,10H,1,3-8H2.